The van der Waals surface area contributed by atoms with Gasteiger partial charge in [0.15, 0.2) is 4.77 Å². The standard InChI is InChI=1S/C22H25N5OS/c28-21-23-17-6-1-3-8-19(17)26(21)13-5-12-25-14-10-16(11-15-25)27-20-9-4-2-7-18(20)24-22(27)29/h1-4,6-9,16H,5,10-15H2,(H,23,28)(H,24,29). The monoisotopic (exact) mass is 407 g/mol. The summed E-state index contributed by atoms with van der Waals surface area (Å²) in [6.07, 6.45) is 3.17. The highest BCUT2D eigenvalue weighted by Gasteiger charge is 2.22. The number of hydrogen-bond acceptors (Lipinski definition) is 3. The molecule has 0 spiro atoms. The summed E-state index contributed by atoms with van der Waals surface area (Å²) in [6.45, 7) is 3.89. The normalized spacial score (nSPS) is 16.1. The van der Waals surface area contributed by atoms with Crippen LogP contribution in [-0.2, 0) is 6.54 Å². The highest BCUT2D eigenvalue weighted by Crippen LogP contribution is 2.27. The van der Waals surface area contributed by atoms with Crippen molar-refractivity contribution < 1.29 is 0 Å². The number of nitrogens with zero attached hydrogens (tertiary/aromatic N) is 3. The predicted octanol–water partition coefficient (Wildman–Crippen LogP) is 4.07. The van der Waals surface area contributed by atoms with E-state index in [0.29, 0.717) is 6.04 Å². The van der Waals surface area contributed by atoms with E-state index in [1.807, 2.05) is 34.9 Å². The second-order valence-electron chi connectivity index (χ2n) is 7.84. The highest BCUT2D eigenvalue weighted by atomic mass is 32.1. The summed E-state index contributed by atoms with van der Waals surface area (Å²) in [4.78, 5) is 21.0. The maximum absolute atomic E-state index is 12.2. The quantitative estimate of drug-likeness (QED) is 0.490. The summed E-state index contributed by atoms with van der Waals surface area (Å²) in [5.41, 5.74) is 4.20. The van der Waals surface area contributed by atoms with Crippen molar-refractivity contribution in [3.8, 4) is 0 Å². The average Bonchev–Trinajstić information content (AvgIpc) is 3.24. The lowest BCUT2D eigenvalue weighted by Gasteiger charge is -2.32. The van der Waals surface area contributed by atoms with Crippen LogP contribution in [0.25, 0.3) is 22.1 Å². The molecule has 2 aromatic heterocycles. The maximum atomic E-state index is 12.2. The van der Waals surface area contributed by atoms with Crippen LogP contribution in [0.3, 0.4) is 0 Å². The Morgan fingerprint density at radius 3 is 2.31 bits per heavy atom. The number of piperidine rings is 1. The molecule has 2 N–H and O–H groups in total. The van der Waals surface area contributed by atoms with Crippen molar-refractivity contribution in [2.45, 2.75) is 31.8 Å². The molecule has 0 amide bonds. The van der Waals surface area contributed by atoms with Crippen molar-refractivity contribution in [2.24, 2.45) is 0 Å². The van der Waals surface area contributed by atoms with Gasteiger partial charge in [-0.3, -0.25) is 4.57 Å². The zero-order chi connectivity index (χ0) is 19.8. The number of benzene rings is 2. The molecule has 0 saturated carbocycles. The van der Waals surface area contributed by atoms with Crippen molar-refractivity contribution in [3.63, 3.8) is 0 Å². The number of aryl methyl sites for hydroxylation is 1. The number of fused-ring (bicyclic) bond motifs is 2. The summed E-state index contributed by atoms with van der Waals surface area (Å²) < 4.78 is 4.98. The van der Waals surface area contributed by atoms with Crippen LogP contribution >= 0.6 is 12.2 Å². The Bertz CT molecular complexity index is 1250. The molecule has 4 aromatic rings. The zero-order valence-electron chi connectivity index (χ0n) is 16.3. The van der Waals surface area contributed by atoms with E-state index in [1.54, 1.807) is 0 Å². The number of nitrogens with one attached hydrogen (secondary N) is 2. The van der Waals surface area contributed by atoms with Crippen molar-refractivity contribution in [1.82, 2.24) is 24.0 Å². The Balaban J connectivity index is 1.20. The van der Waals surface area contributed by atoms with E-state index >= 15 is 0 Å². The molecule has 1 aliphatic rings. The summed E-state index contributed by atoms with van der Waals surface area (Å²) in [5, 5.41) is 0. The van der Waals surface area contributed by atoms with Crippen LogP contribution in [0, 0.1) is 4.77 Å². The van der Waals surface area contributed by atoms with E-state index in [9.17, 15) is 4.79 Å². The minimum atomic E-state index is -0.0152. The fraction of sp³-hybridized carbons (Fsp3) is 0.364. The largest absolute Gasteiger partial charge is 0.331 e. The van der Waals surface area contributed by atoms with Crippen LogP contribution in [0.4, 0.5) is 0 Å². The van der Waals surface area contributed by atoms with Crippen molar-refractivity contribution >= 4 is 34.3 Å². The summed E-state index contributed by atoms with van der Waals surface area (Å²) in [7, 11) is 0. The molecule has 150 valence electrons. The molecule has 5 rings (SSSR count). The van der Waals surface area contributed by atoms with Gasteiger partial charge in [-0.2, -0.15) is 0 Å². The first-order valence-electron chi connectivity index (χ1n) is 10.3. The second-order valence-corrected chi connectivity index (χ2v) is 8.23. The number of rotatable bonds is 5. The predicted molar refractivity (Wildman–Crippen MR) is 119 cm³/mol. The molecule has 29 heavy (non-hydrogen) atoms. The number of H-pyrrole nitrogens is 2. The summed E-state index contributed by atoms with van der Waals surface area (Å²) in [6, 6.07) is 16.7. The fourth-order valence-electron chi connectivity index (χ4n) is 4.62. The van der Waals surface area contributed by atoms with Crippen molar-refractivity contribution in [3.05, 3.63) is 63.8 Å². The lowest BCUT2D eigenvalue weighted by atomic mass is 10.0. The molecule has 0 unspecified atom stereocenters. The molecule has 3 heterocycles. The van der Waals surface area contributed by atoms with Crippen molar-refractivity contribution in [2.75, 3.05) is 19.6 Å². The third kappa shape index (κ3) is 3.45. The van der Waals surface area contributed by atoms with Crippen LogP contribution in [0.15, 0.2) is 53.3 Å². The van der Waals surface area contributed by atoms with Crippen LogP contribution in [0.1, 0.15) is 25.3 Å². The van der Waals surface area contributed by atoms with Gasteiger partial charge in [-0.1, -0.05) is 24.3 Å². The topological polar surface area (TPSA) is 61.8 Å². The Morgan fingerprint density at radius 2 is 1.55 bits per heavy atom. The van der Waals surface area contributed by atoms with E-state index in [2.05, 4.69) is 37.6 Å². The van der Waals surface area contributed by atoms with E-state index in [1.165, 1.54) is 5.52 Å². The Hall–Kier alpha value is -2.64. The molecular weight excluding hydrogens is 382 g/mol. The van der Waals surface area contributed by atoms with Crippen LogP contribution in [-0.4, -0.2) is 43.6 Å². The molecule has 6 nitrogen and oxygen atoms in total. The molecule has 1 aliphatic heterocycles. The number of likely N-dealkylation sites (tertiary alicyclic amines) is 1. The molecule has 1 saturated heterocycles. The molecule has 7 heteroatoms. The Kier molecular flexibility index (Phi) is 4.85. The first-order chi connectivity index (χ1) is 14.2. The van der Waals surface area contributed by atoms with Gasteiger partial charge in [-0.25, -0.2) is 4.79 Å². The summed E-state index contributed by atoms with van der Waals surface area (Å²) in [5.74, 6) is 0. The molecule has 0 atom stereocenters. The van der Waals surface area contributed by atoms with Crippen LogP contribution in [0.5, 0.6) is 0 Å². The first kappa shape index (κ1) is 18.4. The minimum absolute atomic E-state index is 0.0152. The molecule has 0 aliphatic carbocycles. The van der Waals surface area contributed by atoms with Crippen LogP contribution in [0.2, 0.25) is 0 Å². The van der Waals surface area contributed by atoms with Gasteiger partial charge in [-0.05, 0) is 62.3 Å². The number of aromatic amines is 2. The minimum Gasteiger partial charge on any atom is -0.331 e. The van der Waals surface area contributed by atoms with Gasteiger partial charge >= 0.3 is 5.69 Å². The average molecular weight is 408 g/mol. The lowest BCUT2D eigenvalue weighted by Crippen LogP contribution is -2.36. The zero-order valence-corrected chi connectivity index (χ0v) is 17.1. The van der Waals surface area contributed by atoms with Gasteiger partial charge in [0.1, 0.15) is 0 Å². The van der Waals surface area contributed by atoms with Gasteiger partial charge in [-0.15, -0.1) is 0 Å². The Morgan fingerprint density at radius 1 is 0.897 bits per heavy atom. The number of imidazole rings is 2. The molecule has 1 fully saturated rings. The van der Waals surface area contributed by atoms with Gasteiger partial charge in [0, 0.05) is 25.7 Å². The number of para-hydroxylation sites is 4. The highest BCUT2D eigenvalue weighted by molar-refractivity contribution is 7.71. The third-order valence-electron chi connectivity index (χ3n) is 6.08. The lowest BCUT2D eigenvalue weighted by molar-refractivity contribution is 0.183. The molecular formula is C22H25N5OS. The second kappa shape index (κ2) is 7.65. The van der Waals surface area contributed by atoms with E-state index in [4.69, 9.17) is 12.2 Å². The molecule has 0 bridgehead atoms. The third-order valence-corrected chi connectivity index (χ3v) is 6.38. The van der Waals surface area contributed by atoms with Gasteiger partial charge in [0.05, 0.1) is 22.1 Å². The van der Waals surface area contributed by atoms with E-state index in [-0.39, 0.29) is 5.69 Å². The van der Waals surface area contributed by atoms with Crippen LogP contribution < -0.4 is 5.69 Å². The van der Waals surface area contributed by atoms with E-state index in [0.717, 1.165) is 66.8 Å². The summed E-state index contributed by atoms with van der Waals surface area (Å²) >= 11 is 5.59. The fourth-order valence-corrected chi connectivity index (χ4v) is 4.98. The van der Waals surface area contributed by atoms with Gasteiger partial charge < -0.3 is 19.4 Å². The number of aromatic nitrogens is 4. The number of hydrogen-bond donors (Lipinski definition) is 2. The molecule has 0 radical (unpaired) electrons. The molecule has 2 aromatic carbocycles. The van der Waals surface area contributed by atoms with Gasteiger partial charge in [0.2, 0.25) is 0 Å². The smallest absolute Gasteiger partial charge is 0.326 e. The SMILES string of the molecule is O=c1[nH]c2ccccc2n1CCCN1CCC(n2c(=S)[nH]c3ccccc32)CC1. The van der Waals surface area contributed by atoms with Crippen molar-refractivity contribution in [1.29, 1.82) is 0 Å². The van der Waals surface area contributed by atoms with E-state index < -0.39 is 0 Å². The maximum Gasteiger partial charge on any atom is 0.326 e. The Labute approximate surface area is 173 Å². The van der Waals surface area contributed by atoms with Gasteiger partial charge in [0.25, 0.3) is 0 Å². The first-order valence-corrected chi connectivity index (χ1v) is 10.7.